The Morgan fingerprint density at radius 1 is 1.14 bits per heavy atom. The molecule has 76 valence electrons. The molecule has 0 radical (unpaired) electrons. The molecule has 1 heterocycles. The number of halogens is 1. The van der Waals surface area contributed by atoms with E-state index in [0.29, 0.717) is 0 Å². The summed E-state index contributed by atoms with van der Waals surface area (Å²) >= 11 is 2.41. The molecule has 2 heteroatoms. The van der Waals surface area contributed by atoms with Crippen molar-refractivity contribution in [2.45, 2.75) is 23.2 Å². The van der Waals surface area contributed by atoms with Crippen LogP contribution in [-0.4, -0.2) is 13.1 Å². The smallest absolute Gasteiger partial charge is 0.0247 e. The fourth-order valence-electron chi connectivity index (χ4n) is 2.03. The Hall–Kier alpha value is -0.0900. The van der Waals surface area contributed by atoms with Crippen molar-refractivity contribution in [1.82, 2.24) is 5.32 Å². The maximum absolute atomic E-state index is 3.41. The van der Waals surface area contributed by atoms with Crippen molar-refractivity contribution in [3.8, 4) is 0 Å². The molecule has 1 aliphatic rings. The van der Waals surface area contributed by atoms with Gasteiger partial charge in [-0.1, -0.05) is 46.9 Å². The van der Waals surface area contributed by atoms with Gasteiger partial charge in [0.25, 0.3) is 0 Å². The van der Waals surface area contributed by atoms with Crippen LogP contribution in [0.25, 0.3) is 0 Å². The molecule has 14 heavy (non-hydrogen) atoms. The van der Waals surface area contributed by atoms with Crippen molar-refractivity contribution in [3.63, 3.8) is 0 Å². The van der Waals surface area contributed by atoms with Crippen LogP contribution in [0.15, 0.2) is 24.3 Å². The van der Waals surface area contributed by atoms with Crippen LogP contribution in [0.4, 0.5) is 0 Å². The minimum Gasteiger partial charge on any atom is -0.317 e. The molecule has 0 aliphatic carbocycles. The fourth-order valence-corrected chi connectivity index (χ4v) is 2.54. The molecule has 1 saturated heterocycles. The van der Waals surface area contributed by atoms with Crippen molar-refractivity contribution in [3.05, 3.63) is 35.4 Å². The lowest BCUT2D eigenvalue weighted by atomic mass is 9.90. The van der Waals surface area contributed by atoms with Gasteiger partial charge < -0.3 is 5.32 Å². The number of rotatable bonds is 2. The zero-order chi connectivity index (χ0) is 9.80. The molecule has 1 aromatic carbocycles. The maximum Gasteiger partial charge on any atom is 0.0247 e. The van der Waals surface area contributed by atoms with Gasteiger partial charge in [0.1, 0.15) is 0 Å². The summed E-state index contributed by atoms with van der Waals surface area (Å²) in [5, 5.41) is 3.41. The average molecular weight is 301 g/mol. The summed E-state index contributed by atoms with van der Waals surface area (Å²) in [7, 11) is 0. The van der Waals surface area contributed by atoms with Crippen molar-refractivity contribution >= 4 is 22.6 Å². The van der Waals surface area contributed by atoms with Gasteiger partial charge in [-0.05, 0) is 43.0 Å². The second-order valence-corrected chi connectivity index (χ2v) is 4.66. The second kappa shape index (κ2) is 5.12. The number of piperidine rings is 1. The third-order valence-corrected chi connectivity index (χ3v) is 3.83. The van der Waals surface area contributed by atoms with Gasteiger partial charge in [-0.2, -0.15) is 0 Å². The molecular formula is C12H16IN. The van der Waals surface area contributed by atoms with E-state index in [4.69, 9.17) is 0 Å². The summed E-state index contributed by atoms with van der Waals surface area (Å²) in [6.07, 6.45) is 2.59. The molecule has 1 aliphatic heterocycles. The largest absolute Gasteiger partial charge is 0.317 e. The number of benzene rings is 1. The average Bonchev–Trinajstić information content (AvgIpc) is 2.30. The van der Waals surface area contributed by atoms with Crippen LogP contribution in [0, 0.1) is 0 Å². The second-order valence-electron chi connectivity index (χ2n) is 3.90. The third-order valence-electron chi connectivity index (χ3n) is 2.94. The third kappa shape index (κ3) is 2.48. The quantitative estimate of drug-likeness (QED) is 0.654. The predicted molar refractivity (Wildman–Crippen MR) is 69.0 cm³/mol. The van der Waals surface area contributed by atoms with Crippen LogP contribution in [0.1, 0.15) is 29.9 Å². The molecule has 1 aromatic rings. The number of hydrogen-bond acceptors (Lipinski definition) is 1. The van der Waals surface area contributed by atoms with E-state index >= 15 is 0 Å². The van der Waals surface area contributed by atoms with Crippen LogP contribution >= 0.6 is 22.6 Å². The van der Waals surface area contributed by atoms with E-state index in [1.807, 2.05) is 0 Å². The van der Waals surface area contributed by atoms with Crippen LogP contribution < -0.4 is 5.32 Å². The Labute approximate surface area is 99.4 Å². The minimum absolute atomic E-state index is 0.791. The predicted octanol–water partition coefficient (Wildman–Crippen LogP) is 3.09. The molecule has 0 bridgehead atoms. The summed E-state index contributed by atoms with van der Waals surface area (Å²) in [6, 6.07) is 9.15. The van der Waals surface area contributed by atoms with Gasteiger partial charge in [-0.15, -0.1) is 0 Å². The van der Waals surface area contributed by atoms with Gasteiger partial charge >= 0.3 is 0 Å². The van der Waals surface area contributed by atoms with Crippen LogP contribution in [0.5, 0.6) is 0 Å². The van der Waals surface area contributed by atoms with E-state index in [1.165, 1.54) is 37.1 Å². The Morgan fingerprint density at radius 2 is 1.79 bits per heavy atom. The summed E-state index contributed by atoms with van der Waals surface area (Å²) in [5.41, 5.74) is 2.96. The molecule has 1 N–H and O–H groups in total. The summed E-state index contributed by atoms with van der Waals surface area (Å²) in [4.78, 5) is 0. The van der Waals surface area contributed by atoms with Gasteiger partial charge in [0.05, 0.1) is 0 Å². The Bertz CT molecular complexity index is 275. The van der Waals surface area contributed by atoms with Crippen molar-refractivity contribution in [2.75, 3.05) is 13.1 Å². The Kier molecular flexibility index (Phi) is 3.81. The minimum atomic E-state index is 0.791. The Morgan fingerprint density at radius 3 is 2.36 bits per heavy atom. The number of alkyl halides is 1. The molecule has 1 nitrogen and oxygen atoms in total. The summed E-state index contributed by atoms with van der Waals surface area (Å²) in [6.45, 7) is 2.36. The van der Waals surface area contributed by atoms with E-state index in [0.717, 1.165) is 10.3 Å². The van der Waals surface area contributed by atoms with Gasteiger partial charge in [0.15, 0.2) is 0 Å². The van der Waals surface area contributed by atoms with Crippen LogP contribution in [0.2, 0.25) is 0 Å². The lowest BCUT2D eigenvalue weighted by Gasteiger charge is -2.23. The highest BCUT2D eigenvalue weighted by Gasteiger charge is 2.14. The molecule has 0 saturated carbocycles. The molecule has 0 unspecified atom stereocenters. The molecular weight excluding hydrogens is 285 g/mol. The van der Waals surface area contributed by atoms with Crippen LogP contribution in [0.3, 0.4) is 0 Å². The maximum atomic E-state index is 3.41. The first-order valence-corrected chi connectivity index (χ1v) is 6.78. The van der Waals surface area contributed by atoms with Gasteiger partial charge in [-0.3, -0.25) is 0 Å². The lowest BCUT2D eigenvalue weighted by Crippen LogP contribution is -2.26. The van der Waals surface area contributed by atoms with E-state index < -0.39 is 0 Å². The molecule has 0 aromatic heterocycles. The van der Waals surface area contributed by atoms with E-state index in [-0.39, 0.29) is 0 Å². The molecule has 0 atom stereocenters. The first-order chi connectivity index (χ1) is 6.90. The zero-order valence-electron chi connectivity index (χ0n) is 8.30. The number of nitrogens with one attached hydrogen (secondary N) is 1. The van der Waals surface area contributed by atoms with Crippen LogP contribution in [-0.2, 0) is 4.43 Å². The summed E-state index contributed by atoms with van der Waals surface area (Å²) in [5.74, 6) is 0.791. The van der Waals surface area contributed by atoms with E-state index in [2.05, 4.69) is 52.2 Å². The zero-order valence-corrected chi connectivity index (χ0v) is 10.5. The normalized spacial score (nSPS) is 18.4. The molecule has 1 fully saturated rings. The van der Waals surface area contributed by atoms with Crippen molar-refractivity contribution < 1.29 is 0 Å². The highest BCUT2D eigenvalue weighted by atomic mass is 127. The monoisotopic (exact) mass is 301 g/mol. The molecule has 0 spiro atoms. The lowest BCUT2D eigenvalue weighted by molar-refractivity contribution is 0.460. The van der Waals surface area contributed by atoms with Gasteiger partial charge in [-0.25, -0.2) is 0 Å². The Balaban J connectivity index is 2.07. The van der Waals surface area contributed by atoms with Gasteiger partial charge in [0, 0.05) is 4.43 Å². The van der Waals surface area contributed by atoms with Crippen molar-refractivity contribution in [2.24, 2.45) is 0 Å². The van der Waals surface area contributed by atoms with E-state index in [9.17, 15) is 0 Å². The van der Waals surface area contributed by atoms with Crippen molar-refractivity contribution in [1.29, 1.82) is 0 Å². The fraction of sp³-hybridized carbons (Fsp3) is 0.500. The van der Waals surface area contributed by atoms with Gasteiger partial charge in [0.2, 0.25) is 0 Å². The SMILES string of the molecule is ICc1ccc(C2CCNCC2)cc1. The number of hydrogen-bond donors (Lipinski definition) is 1. The first kappa shape index (κ1) is 10.4. The molecule has 0 amide bonds. The molecule has 2 rings (SSSR count). The van der Waals surface area contributed by atoms with E-state index in [1.54, 1.807) is 0 Å². The standard InChI is InChI=1S/C12H16IN/c13-9-10-1-3-11(4-2-10)12-5-7-14-8-6-12/h1-4,12,14H,5-9H2. The highest BCUT2D eigenvalue weighted by Crippen LogP contribution is 2.25. The highest BCUT2D eigenvalue weighted by molar-refractivity contribution is 14.1. The summed E-state index contributed by atoms with van der Waals surface area (Å²) < 4.78 is 1.12. The first-order valence-electron chi connectivity index (χ1n) is 5.25. The topological polar surface area (TPSA) is 12.0 Å².